The van der Waals surface area contributed by atoms with E-state index in [2.05, 4.69) is 12.8 Å². The van der Waals surface area contributed by atoms with Crippen LogP contribution in [0.3, 0.4) is 0 Å². The fourth-order valence-electron chi connectivity index (χ4n) is 6.23. The summed E-state index contributed by atoms with van der Waals surface area (Å²) in [5.74, 6) is 3.38. The van der Waals surface area contributed by atoms with Crippen LogP contribution in [0.1, 0.15) is 45.4 Å². The largest absolute Gasteiger partial charge is 0.377 e. The molecule has 0 aromatic rings. The molecule has 3 fully saturated rings. The molecule has 0 bridgehead atoms. The topological polar surface area (TPSA) is 66.8 Å². The number of carbonyl (C=O) groups excluding carboxylic acids is 1. The highest BCUT2D eigenvalue weighted by molar-refractivity contribution is 6.01. The van der Waals surface area contributed by atoms with Crippen molar-refractivity contribution in [1.29, 1.82) is 0 Å². The van der Waals surface area contributed by atoms with Gasteiger partial charge in [-0.25, -0.2) is 4.89 Å². The molecule has 0 radical (unpaired) electrons. The highest BCUT2D eigenvalue weighted by Crippen LogP contribution is 2.65. The lowest BCUT2D eigenvalue weighted by atomic mass is 9.50. The van der Waals surface area contributed by atoms with Gasteiger partial charge in [0.05, 0.1) is 0 Å². The Morgan fingerprint density at radius 3 is 2.75 bits per heavy atom. The summed E-state index contributed by atoms with van der Waals surface area (Å²) in [7, 11) is 0. The van der Waals surface area contributed by atoms with Crippen LogP contribution in [0.15, 0.2) is 23.8 Å². The second kappa shape index (κ2) is 5.05. The fraction of sp³-hybridized carbons (Fsp3) is 0.650. The molecule has 0 aliphatic heterocycles. The maximum absolute atomic E-state index is 11.7. The molecule has 0 heterocycles. The van der Waals surface area contributed by atoms with Gasteiger partial charge in [-0.1, -0.05) is 12.8 Å². The van der Waals surface area contributed by atoms with Crippen molar-refractivity contribution in [2.24, 2.45) is 23.2 Å². The first-order valence-corrected chi connectivity index (χ1v) is 8.87. The first kappa shape index (κ1) is 16.1. The lowest BCUT2D eigenvalue weighted by molar-refractivity contribution is -0.323. The molecule has 4 aliphatic carbocycles. The van der Waals surface area contributed by atoms with E-state index in [1.807, 2.05) is 0 Å². The van der Waals surface area contributed by atoms with E-state index in [0.29, 0.717) is 18.3 Å². The average molecular weight is 328 g/mol. The second-order valence-corrected chi connectivity index (χ2v) is 8.20. The monoisotopic (exact) mass is 328 g/mol. The predicted octanol–water partition coefficient (Wildman–Crippen LogP) is 2.88. The third-order valence-electron chi connectivity index (χ3n) is 7.59. The van der Waals surface area contributed by atoms with Gasteiger partial charge in [-0.2, -0.15) is 0 Å². The number of fused-ring (bicyclic) bond motifs is 5. The van der Waals surface area contributed by atoms with E-state index in [-0.39, 0.29) is 17.1 Å². The van der Waals surface area contributed by atoms with Gasteiger partial charge < -0.3 is 5.11 Å². The average Bonchev–Trinajstić information content (AvgIpc) is 2.86. The van der Waals surface area contributed by atoms with Gasteiger partial charge in [-0.3, -0.25) is 10.1 Å². The summed E-state index contributed by atoms with van der Waals surface area (Å²) in [6, 6.07) is 0. The zero-order valence-corrected chi connectivity index (χ0v) is 14.0. The van der Waals surface area contributed by atoms with Crippen LogP contribution in [0.2, 0.25) is 0 Å². The number of ketones is 1. The summed E-state index contributed by atoms with van der Waals surface area (Å²) in [5, 5.41) is 20.7. The molecule has 0 unspecified atom stereocenters. The summed E-state index contributed by atoms with van der Waals surface area (Å²) in [6.07, 6.45) is 15.4. The van der Waals surface area contributed by atoms with Crippen molar-refractivity contribution < 1.29 is 20.0 Å². The van der Waals surface area contributed by atoms with Crippen LogP contribution in [0.4, 0.5) is 0 Å². The molecule has 2 N–H and O–H groups in total. The Morgan fingerprint density at radius 2 is 2.04 bits per heavy atom. The van der Waals surface area contributed by atoms with E-state index in [1.165, 1.54) is 6.08 Å². The molecule has 6 atom stereocenters. The van der Waals surface area contributed by atoms with Gasteiger partial charge in [-0.15, -0.1) is 6.42 Å². The minimum Gasteiger partial charge on any atom is -0.377 e. The molecule has 24 heavy (non-hydrogen) atoms. The molecule has 0 amide bonds. The van der Waals surface area contributed by atoms with Gasteiger partial charge in [0.2, 0.25) is 0 Å². The van der Waals surface area contributed by atoms with Gasteiger partial charge in [0, 0.05) is 11.3 Å². The maximum Gasteiger partial charge on any atom is 0.178 e. The molecule has 4 rings (SSSR count). The summed E-state index contributed by atoms with van der Waals surface area (Å²) < 4.78 is 0. The van der Waals surface area contributed by atoms with E-state index in [1.54, 1.807) is 12.2 Å². The van der Waals surface area contributed by atoms with Crippen molar-refractivity contribution in [2.75, 3.05) is 0 Å². The van der Waals surface area contributed by atoms with Crippen molar-refractivity contribution in [1.82, 2.24) is 0 Å². The Labute approximate surface area is 142 Å². The van der Waals surface area contributed by atoms with E-state index < -0.39 is 11.2 Å². The van der Waals surface area contributed by atoms with Gasteiger partial charge >= 0.3 is 0 Å². The number of allylic oxidation sites excluding steroid dienone is 2. The van der Waals surface area contributed by atoms with Crippen LogP contribution in [-0.2, 0) is 9.68 Å². The van der Waals surface area contributed by atoms with E-state index in [4.69, 9.17) is 11.3 Å². The highest BCUT2D eigenvalue weighted by atomic mass is 17.1. The minimum atomic E-state index is -1.04. The van der Waals surface area contributed by atoms with E-state index in [9.17, 15) is 15.2 Å². The lowest BCUT2D eigenvalue weighted by Gasteiger charge is -2.56. The van der Waals surface area contributed by atoms with Crippen LogP contribution in [-0.4, -0.2) is 27.3 Å². The Hall–Kier alpha value is -1.41. The quantitative estimate of drug-likeness (QED) is 0.441. The Morgan fingerprint density at radius 1 is 1.29 bits per heavy atom. The van der Waals surface area contributed by atoms with Gasteiger partial charge in [0.15, 0.2) is 5.78 Å². The molecule has 128 valence electrons. The normalized spacial score (nSPS) is 49.7. The molecule has 0 aromatic heterocycles. The van der Waals surface area contributed by atoms with Crippen LogP contribution in [0.5, 0.6) is 0 Å². The molecular weight excluding hydrogens is 304 g/mol. The third-order valence-corrected chi connectivity index (χ3v) is 7.59. The summed E-state index contributed by atoms with van der Waals surface area (Å²) in [6.45, 7) is 2.12. The standard InChI is InChI=1S/C20H24O4/c1-3-19(22)10-8-16-15-5-4-13-12-14(21)6-11-20(13,24-23)17(15)7-9-18(16,19)2/h1,6,11-12,15-17,22-23H,4-5,7-10H2,2H3/t15-,16-,17-,18-,19-,20+/m0/s1. The van der Waals surface area contributed by atoms with Crippen molar-refractivity contribution in [2.45, 2.75) is 56.7 Å². The lowest BCUT2D eigenvalue weighted by Crippen LogP contribution is -2.57. The number of carbonyl (C=O) groups is 1. The van der Waals surface area contributed by atoms with Gasteiger partial charge in [0.25, 0.3) is 0 Å². The van der Waals surface area contributed by atoms with Gasteiger partial charge in [0.1, 0.15) is 11.2 Å². The van der Waals surface area contributed by atoms with Crippen molar-refractivity contribution >= 4 is 5.78 Å². The molecule has 0 saturated heterocycles. The van der Waals surface area contributed by atoms with Crippen LogP contribution < -0.4 is 0 Å². The minimum absolute atomic E-state index is 0.0423. The summed E-state index contributed by atoms with van der Waals surface area (Å²) in [5.41, 5.74) is -1.32. The van der Waals surface area contributed by atoms with Crippen LogP contribution in [0.25, 0.3) is 0 Å². The number of rotatable bonds is 1. The van der Waals surface area contributed by atoms with Gasteiger partial charge in [-0.05, 0) is 74.2 Å². The first-order chi connectivity index (χ1) is 11.4. The van der Waals surface area contributed by atoms with E-state index in [0.717, 1.165) is 37.7 Å². The third kappa shape index (κ3) is 1.78. The first-order valence-electron chi connectivity index (χ1n) is 8.87. The van der Waals surface area contributed by atoms with Crippen molar-refractivity contribution in [3.8, 4) is 12.3 Å². The van der Waals surface area contributed by atoms with Crippen molar-refractivity contribution in [3.63, 3.8) is 0 Å². The fourth-order valence-corrected chi connectivity index (χ4v) is 6.23. The molecule has 0 aromatic carbocycles. The Kier molecular flexibility index (Phi) is 3.38. The SMILES string of the molecule is C#C[C@]1(O)CC[C@H]2[C@@H]3CCC4=CC(=O)C=C[C@]4(OO)[C@H]3CC[C@@]21C. The summed E-state index contributed by atoms with van der Waals surface area (Å²) in [4.78, 5) is 16.8. The number of aliphatic hydroxyl groups is 1. The summed E-state index contributed by atoms with van der Waals surface area (Å²) >= 11 is 0. The maximum atomic E-state index is 11.7. The molecule has 4 heteroatoms. The smallest absolute Gasteiger partial charge is 0.178 e. The molecule has 4 aliphatic rings. The molecular formula is C20H24O4. The van der Waals surface area contributed by atoms with Crippen LogP contribution in [0, 0.1) is 35.5 Å². The number of terminal acetylenes is 1. The molecule has 3 saturated carbocycles. The van der Waals surface area contributed by atoms with Crippen molar-refractivity contribution in [3.05, 3.63) is 23.8 Å². The second-order valence-electron chi connectivity index (χ2n) is 8.20. The predicted molar refractivity (Wildman–Crippen MR) is 88.7 cm³/mol. The Balaban J connectivity index is 1.74. The number of hydrogen-bond donors (Lipinski definition) is 2. The zero-order valence-electron chi connectivity index (χ0n) is 14.0. The highest BCUT2D eigenvalue weighted by Gasteiger charge is 2.64. The number of hydrogen-bond acceptors (Lipinski definition) is 4. The Bertz CT molecular complexity index is 686. The zero-order chi connectivity index (χ0) is 17.2. The van der Waals surface area contributed by atoms with E-state index >= 15 is 0 Å². The molecule has 0 spiro atoms. The molecule has 4 nitrogen and oxygen atoms in total. The van der Waals surface area contributed by atoms with Crippen LogP contribution >= 0.6 is 0 Å².